The van der Waals surface area contributed by atoms with Gasteiger partial charge in [0, 0.05) is 5.92 Å². The third-order valence-electron chi connectivity index (χ3n) is 3.31. The lowest BCUT2D eigenvalue weighted by atomic mass is 10.2. The van der Waals surface area contributed by atoms with E-state index in [0.29, 0.717) is 32.1 Å². The van der Waals surface area contributed by atoms with Gasteiger partial charge in [-0.05, 0) is 40.4 Å². The Morgan fingerprint density at radius 2 is 2.32 bits per heavy atom. The minimum absolute atomic E-state index is 0.295. The van der Waals surface area contributed by atoms with Gasteiger partial charge in [-0.15, -0.1) is 11.3 Å². The maximum absolute atomic E-state index is 11.7. The smallest absolute Gasteiger partial charge is 0.358 e. The molecule has 2 aromatic rings. The van der Waals surface area contributed by atoms with E-state index < -0.39 is 5.97 Å². The molecule has 1 aliphatic carbocycles. The van der Waals surface area contributed by atoms with Crippen LogP contribution < -0.4 is 0 Å². The fourth-order valence-corrected chi connectivity index (χ4v) is 3.49. The van der Waals surface area contributed by atoms with Crippen molar-refractivity contribution in [1.82, 2.24) is 4.98 Å². The maximum Gasteiger partial charge on any atom is 0.358 e. The molecule has 1 aliphatic rings. The van der Waals surface area contributed by atoms with Crippen molar-refractivity contribution in [3.8, 4) is 10.6 Å². The van der Waals surface area contributed by atoms with Gasteiger partial charge in [0.25, 0.3) is 0 Å². The molecule has 0 N–H and O–H groups in total. The lowest BCUT2D eigenvalue weighted by Gasteiger charge is -1.97. The Balaban J connectivity index is 1.97. The lowest BCUT2D eigenvalue weighted by molar-refractivity contribution is 0.0595. The molecule has 1 saturated carbocycles. The van der Waals surface area contributed by atoms with Crippen LogP contribution in [0, 0.1) is 5.92 Å². The molecule has 0 saturated heterocycles. The van der Waals surface area contributed by atoms with Crippen LogP contribution in [0.3, 0.4) is 0 Å². The van der Waals surface area contributed by atoms with Crippen LogP contribution in [0.2, 0.25) is 0 Å². The quantitative estimate of drug-likeness (QED) is 0.789. The van der Waals surface area contributed by atoms with Gasteiger partial charge < -0.3 is 9.15 Å². The normalized spacial score (nSPS) is 21.4. The van der Waals surface area contributed by atoms with Gasteiger partial charge in [0.2, 0.25) is 0 Å². The average molecular weight is 342 g/mol. The highest BCUT2D eigenvalue weighted by molar-refractivity contribution is 9.11. The number of esters is 1. The summed E-state index contributed by atoms with van der Waals surface area (Å²) in [5, 5.41) is 0. The minimum Gasteiger partial charge on any atom is -0.464 e. The molecule has 3 rings (SSSR count). The average Bonchev–Trinajstić information content (AvgIpc) is 2.83. The number of halogens is 1. The molecular formula is C13H12BrNO3S. The molecule has 0 aromatic carbocycles. The van der Waals surface area contributed by atoms with Crippen molar-refractivity contribution in [1.29, 1.82) is 0 Å². The molecule has 2 aromatic heterocycles. The van der Waals surface area contributed by atoms with E-state index in [-0.39, 0.29) is 0 Å². The van der Waals surface area contributed by atoms with Gasteiger partial charge in [0.15, 0.2) is 9.61 Å². The summed E-state index contributed by atoms with van der Waals surface area (Å²) in [6.07, 6.45) is 1.17. The number of aromatic nitrogens is 1. The Morgan fingerprint density at radius 1 is 1.58 bits per heavy atom. The van der Waals surface area contributed by atoms with Crippen LogP contribution in [0.25, 0.3) is 10.6 Å². The Kier molecular flexibility index (Phi) is 3.22. The topological polar surface area (TPSA) is 52.3 Å². The van der Waals surface area contributed by atoms with Crippen molar-refractivity contribution in [2.45, 2.75) is 19.3 Å². The molecule has 6 heteroatoms. The third-order valence-corrected chi connectivity index (χ3v) is 4.83. The fraction of sp³-hybridized carbons (Fsp3) is 0.385. The first-order chi connectivity index (χ1) is 9.10. The Hall–Kier alpha value is -1.14. The summed E-state index contributed by atoms with van der Waals surface area (Å²) in [6, 6.07) is 3.88. The predicted octanol–water partition coefficient (Wildman–Crippen LogP) is 4.08. The van der Waals surface area contributed by atoms with E-state index in [1.165, 1.54) is 24.9 Å². The number of carbonyl (C=O) groups excluding carboxylic acids is 1. The molecule has 2 atom stereocenters. The predicted molar refractivity (Wildman–Crippen MR) is 75.4 cm³/mol. The zero-order valence-corrected chi connectivity index (χ0v) is 12.9. The molecule has 1 fully saturated rings. The second-order valence-electron chi connectivity index (χ2n) is 4.66. The van der Waals surface area contributed by atoms with Gasteiger partial charge in [0.1, 0.15) is 16.4 Å². The summed E-state index contributed by atoms with van der Waals surface area (Å²) in [5.74, 6) is 2.43. The van der Waals surface area contributed by atoms with Crippen LogP contribution in [-0.4, -0.2) is 18.1 Å². The number of nitrogens with zero attached hydrogens (tertiary/aromatic N) is 1. The van der Waals surface area contributed by atoms with E-state index >= 15 is 0 Å². The number of methoxy groups -OCH3 is 1. The zero-order valence-electron chi connectivity index (χ0n) is 10.5. The van der Waals surface area contributed by atoms with Crippen LogP contribution in [0.4, 0.5) is 0 Å². The Labute approximate surface area is 122 Å². The highest BCUT2D eigenvalue weighted by Gasteiger charge is 2.37. The summed E-state index contributed by atoms with van der Waals surface area (Å²) in [4.78, 5) is 16.5. The second-order valence-corrected chi connectivity index (χ2v) is 6.93. The van der Waals surface area contributed by atoms with Gasteiger partial charge >= 0.3 is 5.97 Å². The summed E-state index contributed by atoms with van der Waals surface area (Å²) in [6.45, 7) is 2.20. The van der Waals surface area contributed by atoms with Crippen molar-refractivity contribution >= 4 is 33.2 Å². The Bertz CT molecular complexity index is 634. The summed E-state index contributed by atoms with van der Waals surface area (Å²) >= 11 is 4.66. The highest BCUT2D eigenvalue weighted by Crippen LogP contribution is 2.48. The van der Waals surface area contributed by atoms with Gasteiger partial charge in [-0.1, -0.05) is 6.92 Å². The third kappa shape index (κ3) is 2.34. The number of rotatable bonds is 3. The standard InChI is InChI=1S/C13H12BrNO3S/c1-6-5-7(6)8-3-4-9(18-8)11-10(12(16)17-2)15-13(14)19-11/h3-4,6-7H,5H2,1-2H3. The monoisotopic (exact) mass is 341 g/mol. The van der Waals surface area contributed by atoms with Crippen LogP contribution in [-0.2, 0) is 4.74 Å². The number of carbonyl (C=O) groups is 1. The van der Waals surface area contributed by atoms with Crippen LogP contribution in [0.5, 0.6) is 0 Å². The number of ether oxygens (including phenoxy) is 1. The molecule has 0 spiro atoms. The van der Waals surface area contributed by atoms with E-state index in [1.54, 1.807) is 0 Å². The molecule has 2 heterocycles. The van der Waals surface area contributed by atoms with Crippen LogP contribution in [0.15, 0.2) is 20.5 Å². The molecule has 2 unspecified atom stereocenters. The van der Waals surface area contributed by atoms with Gasteiger partial charge in [-0.2, -0.15) is 0 Å². The molecule has 0 amide bonds. The van der Waals surface area contributed by atoms with E-state index in [9.17, 15) is 4.79 Å². The second kappa shape index (κ2) is 4.76. The molecule has 19 heavy (non-hydrogen) atoms. The van der Waals surface area contributed by atoms with Crippen molar-refractivity contribution in [2.24, 2.45) is 5.92 Å². The van der Waals surface area contributed by atoms with Crippen molar-refractivity contribution in [2.75, 3.05) is 7.11 Å². The molecule has 0 bridgehead atoms. The van der Waals surface area contributed by atoms with Crippen LogP contribution >= 0.6 is 27.3 Å². The number of hydrogen-bond acceptors (Lipinski definition) is 5. The largest absolute Gasteiger partial charge is 0.464 e. The van der Waals surface area contributed by atoms with E-state index in [2.05, 4.69) is 27.8 Å². The van der Waals surface area contributed by atoms with Gasteiger partial charge in [-0.3, -0.25) is 0 Å². The highest BCUT2D eigenvalue weighted by atomic mass is 79.9. The van der Waals surface area contributed by atoms with E-state index in [0.717, 1.165) is 5.76 Å². The first-order valence-corrected chi connectivity index (χ1v) is 7.56. The molecular weight excluding hydrogens is 330 g/mol. The molecule has 100 valence electrons. The first-order valence-electron chi connectivity index (χ1n) is 5.95. The number of hydrogen-bond donors (Lipinski definition) is 0. The molecule has 4 nitrogen and oxygen atoms in total. The van der Waals surface area contributed by atoms with Crippen molar-refractivity contribution in [3.63, 3.8) is 0 Å². The minimum atomic E-state index is -0.449. The van der Waals surface area contributed by atoms with Crippen LogP contribution in [0.1, 0.15) is 35.5 Å². The molecule has 0 radical (unpaired) electrons. The number of furan rings is 1. The van der Waals surface area contributed by atoms with Gasteiger partial charge in [-0.25, -0.2) is 9.78 Å². The Morgan fingerprint density at radius 3 is 2.95 bits per heavy atom. The summed E-state index contributed by atoms with van der Waals surface area (Å²) in [7, 11) is 1.35. The van der Waals surface area contributed by atoms with Crippen molar-refractivity contribution in [3.05, 3.63) is 27.5 Å². The molecule has 0 aliphatic heterocycles. The summed E-state index contributed by atoms with van der Waals surface area (Å²) in [5.41, 5.74) is 0.295. The lowest BCUT2D eigenvalue weighted by Crippen LogP contribution is -2.02. The summed E-state index contributed by atoms with van der Waals surface area (Å²) < 4.78 is 11.2. The zero-order chi connectivity index (χ0) is 13.6. The van der Waals surface area contributed by atoms with E-state index in [1.807, 2.05) is 12.1 Å². The first kappa shape index (κ1) is 12.9. The SMILES string of the molecule is COC(=O)c1nc(Br)sc1-c1ccc(C2CC2C)o1. The fourth-order valence-electron chi connectivity index (χ4n) is 2.09. The number of thiazole rings is 1. The maximum atomic E-state index is 11.7. The van der Waals surface area contributed by atoms with E-state index in [4.69, 9.17) is 9.15 Å². The van der Waals surface area contributed by atoms with Crippen molar-refractivity contribution < 1.29 is 13.9 Å². The van der Waals surface area contributed by atoms with Gasteiger partial charge in [0.05, 0.1) is 7.11 Å².